The van der Waals surface area contributed by atoms with E-state index in [9.17, 15) is 9.18 Å². The van der Waals surface area contributed by atoms with Gasteiger partial charge in [0.1, 0.15) is 5.82 Å². The minimum atomic E-state index is -0.293. The van der Waals surface area contributed by atoms with Crippen molar-refractivity contribution in [3.63, 3.8) is 0 Å². The van der Waals surface area contributed by atoms with E-state index in [-0.39, 0.29) is 23.7 Å². The van der Waals surface area contributed by atoms with Gasteiger partial charge in [0.25, 0.3) is 5.91 Å². The molecule has 4 rings (SSSR count). The molecule has 1 aliphatic heterocycles. The van der Waals surface area contributed by atoms with Gasteiger partial charge in [-0.25, -0.2) is 14.1 Å². The average molecular weight is 458 g/mol. The third-order valence-corrected chi connectivity index (χ3v) is 6.35. The van der Waals surface area contributed by atoms with E-state index in [0.717, 1.165) is 16.7 Å². The summed E-state index contributed by atoms with van der Waals surface area (Å²) in [5.41, 5.74) is 2.79. The molecule has 0 aliphatic carbocycles. The van der Waals surface area contributed by atoms with Crippen LogP contribution in [0.2, 0.25) is 5.02 Å². The number of carbonyl (C=O) groups excluding carboxylic acids is 1. The Morgan fingerprint density at radius 3 is 2.50 bits per heavy atom. The Balaban J connectivity index is 1.54. The van der Waals surface area contributed by atoms with Crippen LogP contribution in [0.4, 0.5) is 4.39 Å². The Morgan fingerprint density at radius 1 is 1.16 bits per heavy atom. The summed E-state index contributed by atoms with van der Waals surface area (Å²) >= 11 is 6.18. The first-order chi connectivity index (χ1) is 15.3. The molecule has 0 saturated carbocycles. The van der Waals surface area contributed by atoms with Crippen LogP contribution in [0.25, 0.3) is 11.0 Å². The minimum absolute atomic E-state index is 0.00817. The van der Waals surface area contributed by atoms with Gasteiger partial charge >= 0.3 is 0 Å². The van der Waals surface area contributed by atoms with Gasteiger partial charge in [-0.2, -0.15) is 5.10 Å². The van der Waals surface area contributed by atoms with E-state index in [4.69, 9.17) is 16.6 Å². The molecule has 0 N–H and O–H groups in total. The maximum Gasteiger partial charge on any atom is 0.254 e. The summed E-state index contributed by atoms with van der Waals surface area (Å²) in [6, 6.07) is 6.81. The highest BCUT2D eigenvalue weighted by atomic mass is 35.5. The Hall–Kier alpha value is -2.51. The van der Waals surface area contributed by atoms with Crippen LogP contribution in [0.3, 0.4) is 0 Å². The molecule has 0 atom stereocenters. The van der Waals surface area contributed by atoms with Crippen molar-refractivity contribution >= 4 is 28.5 Å². The first kappa shape index (κ1) is 22.7. The van der Waals surface area contributed by atoms with E-state index in [1.54, 1.807) is 18.3 Å². The number of hydrogen-bond donors (Lipinski definition) is 0. The SMILES string of the molecule is CC(C)c1cc(C(=O)N2CCN(Cc3c(F)cccc3Cl)CC2)c2cnn(C(C)C)c2n1. The van der Waals surface area contributed by atoms with Crippen LogP contribution in [0, 0.1) is 5.82 Å². The maximum atomic E-state index is 14.2. The molecule has 1 fully saturated rings. The van der Waals surface area contributed by atoms with Gasteiger partial charge in [0.2, 0.25) is 0 Å². The predicted octanol–water partition coefficient (Wildman–Crippen LogP) is 4.89. The topological polar surface area (TPSA) is 54.3 Å². The normalized spacial score (nSPS) is 15.3. The second-order valence-electron chi connectivity index (χ2n) is 8.94. The fourth-order valence-corrected chi connectivity index (χ4v) is 4.30. The maximum absolute atomic E-state index is 14.2. The number of fused-ring (bicyclic) bond motifs is 1. The second kappa shape index (κ2) is 9.16. The number of nitrogens with zero attached hydrogens (tertiary/aromatic N) is 5. The first-order valence-electron chi connectivity index (χ1n) is 11.1. The van der Waals surface area contributed by atoms with E-state index in [1.165, 1.54) is 6.07 Å². The van der Waals surface area contributed by atoms with E-state index >= 15 is 0 Å². The zero-order valence-electron chi connectivity index (χ0n) is 19.0. The van der Waals surface area contributed by atoms with Crippen molar-refractivity contribution in [1.29, 1.82) is 0 Å². The minimum Gasteiger partial charge on any atom is -0.336 e. The molecule has 0 radical (unpaired) electrons. The van der Waals surface area contributed by atoms with Crippen molar-refractivity contribution in [1.82, 2.24) is 24.6 Å². The summed E-state index contributed by atoms with van der Waals surface area (Å²) in [6.07, 6.45) is 1.75. The number of benzene rings is 1. The summed E-state index contributed by atoms with van der Waals surface area (Å²) in [6.45, 7) is 11.2. The zero-order valence-corrected chi connectivity index (χ0v) is 19.7. The third-order valence-electron chi connectivity index (χ3n) is 6.00. The van der Waals surface area contributed by atoms with E-state index < -0.39 is 0 Å². The molecule has 1 amide bonds. The fraction of sp³-hybridized carbons (Fsp3) is 0.458. The van der Waals surface area contributed by atoms with Crippen LogP contribution in [-0.2, 0) is 6.54 Å². The van der Waals surface area contributed by atoms with Gasteiger partial charge in [0.05, 0.1) is 17.1 Å². The quantitative estimate of drug-likeness (QED) is 0.547. The lowest BCUT2D eigenvalue weighted by atomic mass is 10.0. The molecule has 0 bridgehead atoms. The molecule has 3 heterocycles. The third kappa shape index (κ3) is 4.36. The largest absolute Gasteiger partial charge is 0.336 e. The molecule has 6 nitrogen and oxygen atoms in total. The number of aromatic nitrogens is 3. The molecular formula is C24H29ClFN5O. The number of halogens is 2. The standard InChI is InChI=1S/C24H29ClFN5O/c1-15(2)22-12-17(18-13-27-31(16(3)4)23(18)28-22)24(32)30-10-8-29(9-11-30)14-19-20(25)6-5-7-21(19)26/h5-7,12-13,15-16H,8-11,14H2,1-4H3. The summed E-state index contributed by atoms with van der Waals surface area (Å²) in [5, 5.41) is 5.71. The molecule has 1 saturated heterocycles. The number of hydrogen-bond acceptors (Lipinski definition) is 4. The number of rotatable bonds is 5. The Morgan fingerprint density at radius 2 is 1.88 bits per heavy atom. The van der Waals surface area contributed by atoms with Gasteiger partial charge in [0.15, 0.2) is 5.65 Å². The van der Waals surface area contributed by atoms with Crippen LogP contribution >= 0.6 is 11.6 Å². The van der Waals surface area contributed by atoms with Gasteiger partial charge < -0.3 is 4.90 Å². The highest BCUT2D eigenvalue weighted by molar-refractivity contribution is 6.31. The molecular weight excluding hydrogens is 429 g/mol. The summed E-state index contributed by atoms with van der Waals surface area (Å²) < 4.78 is 16.0. The number of carbonyl (C=O) groups is 1. The van der Waals surface area contributed by atoms with Gasteiger partial charge in [-0.3, -0.25) is 9.69 Å². The summed E-state index contributed by atoms with van der Waals surface area (Å²) in [5.74, 6) is -0.103. The lowest BCUT2D eigenvalue weighted by Gasteiger charge is -2.35. The molecule has 8 heteroatoms. The lowest BCUT2D eigenvalue weighted by molar-refractivity contribution is 0.0628. The second-order valence-corrected chi connectivity index (χ2v) is 9.35. The molecule has 0 spiro atoms. The van der Waals surface area contributed by atoms with Crippen LogP contribution in [0.1, 0.15) is 61.3 Å². The van der Waals surface area contributed by atoms with Gasteiger partial charge in [-0.1, -0.05) is 31.5 Å². The van der Waals surface area contributed by atoms with Crippen molar-refractivity contribution < 1.29 is 9.18 Å². The van der Waals surface area contributed by atoms with Gasteiger partial charge in [-0.05, 0) is 38.0 Å². The van der Waals surface area contributed by atoms with Crippen LogP contribution < -0.4 is 0 Å². The highest BCUT2D eigenvalue weighted by Gasteiger charge is 2.26. The Kier molecular flexibility index (Phi) is 6.49. The van der Waals surface area contributed by atoms with Crippen LogP contribution in [0.15, 0.2) is 30.5 Å². The Bertz CT molecular complexity index is 1110. The highest BCUT2D eigenvalue weighted by Crippen LogP contribution is 2.26. The number of piperazine rings is 1. The molecule has 1 aliphatic rings. The van der Waals surface area contributed by atoms with Gasteiger partial charge in [-0.15, -0.1) is 0 Å². The van der Waals surface area contributed by atoms with Crippen molar-refractivity contribution in [2.24, 2.45) is 0 Å². The van der Waals surface area contributed by atoms with Crippen LogP contribution in [0.5, 0.6) is 0 Å². The van der Waals surface area contributed by atoms with Crippen molar-refractivity contribution in [2.75, 3.05) is 26.2 Å². The first-order valence-corrected chi connectivity index (χ1v) is 11.5. The number of pyridine rings is 1. The van der Waals surface area contributed by atoms with E-state index in [2.05, 4.69) is 37.7 Å². The zero-order chi connectivity index (χ0) is 23.0. The molecule has 170 valence electrons. The van der Waals surface area contributed by atoms with E-state index in [0.29, 0.717) is 48.9 Å². The predicted molar refractivity (Wildman–Crippen MR) is 125 cm³/mol. The molecule has 1 aromatic carbocycles. The molecule has 32 heavy (non-hydrogen) atoms. The lowest BCUT2D eigenvalue weighted by Crippen LogP contribution is -2.48. The summed E-state index contributed by atoms with van der Waals surface area (Å²) in [4.78, 5) is 22.3. The monoisotopic (exact) mass is 457 g/mol. The molecule has 3 aromatic rings. The van der Waals surface area contributed by atoms with Crippen molar-refractivity contribution in [2.45, 2.75) is 46.2 Å². The number of amides is 1. The summed E-state index contributed by atoms with van der Waals surface area (Å²) in [7, 11) is 0. The molecule has 0 unspecified atom stereocenters. The van der Waals surface area contributed by atoms with Crippen molar-refractivity contribution in [3.05, 3.63) is 58.1 Å². The molecule has 2 aromatic heterocycles. The van der Waals surface area contributed by atoms with E-state index in [1.807, 2.05) is 15.6 Å². The Labute approximate surface area is 193 Å². The average Bonchev–Trinajstić information content (AvgIpc) is 3.20. The van der Waals surface area contributed by atoms with Crippen LogP contribution in [-0.4, -0.2) is 56.7 Å². The van der Waals surface area contributed by atoms with Gasteiger partial charge in [0, 0.05) is 55.0 Å². The fourth-order valence-electron chi connectivity index (χ4n) is 4.07. The smallest absolute Gasteiger partial charge is 0.254 e. The van der Waals surface area contributed by atoms with Crippen molar-refractivity contribution in [3.8, 4) is 0 Å².